The summed E-state index contributed by atoms with van der Waals surface area (Å²) < 4.78 is 0. The number of carboxylic acids is 1. The molecule has 0 radical (unpaired) electrons. The monoisotopic (exact) mass is 277 g/mol. The number of rotatable bonds is 4. The zero-order valence-corrected chi connectivity index (χ0v) is 12.0. The molecule has 0 saturated heterocycles. The van der Waals surface area contributed by atoms with Gasteiger partial charge >= 0.3 is 5.97 Å². The third-order valence-electron chi connectivity index (χ3n) is 3.28. The maximum absolute atomic E-state index is 11.9. The molecule has 0 saturated carbocycles. The van der Waals surface area contributed by atoms with Gasteiger partial charge in [0.2, 0.25) is 5.76 Å². The molecule has 5 nitrogen and oxygen atoms in total. The van der Waals surface area contributed by atoms with E-state index in [9.17, 15) is 9.59 Å². The van der Waals surface area contributed by atoms with E-state index in [4.69, 9.17) is 10.2 Å². The smallest absolute Gasteiger partial charge is 0.371 e. The number of aryl methyl sites for hydroxylation is 2. The molecule has 20 heavy (non-hydrogen) atoms. The zero-order valence-electron chi connectivity index (χ0n) is 12.0. The summed E-state index contributed by atoms with van der Waals surface area (Å²) in [6, 6.07) is 5.71. The Kier molecular flexibility index (Phi) is 4.91. The van der Waals surface area contributed by atoms with E-state index < -0.39 is 17.6 Å². The van der Waals surface area contributed by atoms with E-state index in [0.717, 1.165) is 16.7 Å². The number of carbonyl (C=O) groups excluding carboxylic acids is 1. The number of carboxylic acid groups (broad SMARTS) is 1. The summed E-state index contributed by atoms with van der Waals surface area (Å²) in [5.74, 6) is -3.04. The highest BCUT2D eigenvalue weighted by Crippen LogP contribution is 2.23. The number of benzene rings is 1. The molecule has 1 aromatic carbocycles. The minimum Gasteiger partial charge on any atom is -0.502 e. The van der Waals surface area contributed by atoms with Crippen molar-refractivity contribution in [1.29, 1.82) is 0 Å². The van der Waals surface area contributed by atoms with E-state index in [0.29, 0.717) is 6.08 Å². The van der Waals surface area contributed by atoms with Crippen LogP contribution in [0.25, 0.3) is 0 Å². The summed E-state index contributed by atoms with van der Waals surface area (Å²) in [6.07, 6.45) is 0.711. The second kappa shape index (κ2) is 6.23. The minimum atomic E-state index is -1.52. The Labute approximate surface area is 118 Å². The number of hydrogen-bond acceptors (Lipinski definition) is 3. The van der Waals surface area contributed by atoms with Gasteiger partial charge in [-0.1, -0.05) is 23.8 Å². The van der Waals surface area contributed by atoms with Crippen molar-refractivity contribution in [3.05, 3.63) is 46.7 Å². The first-order chi connectivity index (χ1) is 9.23. The Balaban J connectivity index is 2.96. The van der Waals surface area contributed by atoms with Gasteiger partial charge in [0.1, 0.15) is 0 Å². The van der Waals surface area contributed by atoms with Gasteiger partial charge in [-0.15, -0.1) is 0 Å². The molecule has 0 aromatic heterocycles. The molecule has 0 aliphatic rings. The lowest BCUT2D eigenvalue weighted by atomic mass is 9.99. The van der Waals surface area contributed by atoms with E-state index in [-0.39, 0.29) is 6.04 Å². The Morgan fingerprint density at radius 3 is 2.35 bits per heavy atom. The van der Waals surface area contributed by atoms with Crippen molar-refractivity contribution in [3.8, 4) is 0 Å². The molecule has 0 heterocycles. The first kappa shape index (κ1) is 15.8. The largest absolute Gasteiger partial charge is 0.502 e. The van der Waals surface area contributed by atoms with Gasteiger partial charge in [0, 0.05) is 7.05 Å². The topological polar surface area (TPSA) is 77.8 Å². The highest BCUT2D eigenvalue weighted by molar-refractivity contribution is 5.96. The maximum Gasteiger partial charge on any atom is 0.371 e. The third kappa shape index (κ3) is 3.60. The van der Waals surface area contributed by atoms with Gasteiger partial charge in [-0.05, 0) is 31.9 Å². The van der Waals surface area contributed by atoms with Gasteiger partial charge in [0.15, 0.2) is 0 Å². The number of likely N-dealkylation sites (N-methyl/N-ethyl adjacent to an activating group) is 1. The van der Waals surface area contributed by atoms with Crippen LogP contribution in [-0.4, -0.2) is 34.0 Å². The molecule has 1 atom stereocenters. The summed E-state index contributed by atoms with van der Waals surface area (Å²) in [6.45, 7) is 5.80. The second-order valence-corrected chi connectivity index (χ2v) is 4.82. The SMILES string of the molecule is Cc1ccc(C(C)N(C)C(=O)/C=C(\O)C(=O)O)c(C)c1. The molecule has 1 aromatic rings. The first-order valence-electron chi connectivity index (χ1n) is 6.22. The summed E-state index contributed by atoms with van der Waals surface area (Å²) in [5.41, 5.74) is 3.18. The van der Waals surface area contributed by atoms with Crippen LogP contribution < -0.4 is 0 Å². The van der Waals surface area contributed by atoms with E-state index in [2.05, 4.69) is 0 Å². The standard InChI is InChI=1S/C15H19NO4/c1-9-5-6-12(10(2)7-9)11(3)16(4)14(18)8-13(17)15(19)20/h5-8,11,17H,1-4H3,(H,19,20)/b13-8-. The molecule has 0 spiro atoms. The van der Waals surface area contributed by atoms with Crippen molar-refractivity contribution < 1.29 is 19.8 Å². The average molecular weight is 277 g/mol. The van der Waals surface area contributed by atoms with Gasteiger partial charge in [0.05, 0.1) is 12.1 Å². The van der Waals surface area contributed by atoms with Crippen LogP contribution in [0.1, 0.15) is 29.7 Å². The van der Waals surface area contributed by atoms with Gasteiger partial charge in [-0.2, -0.15) is 0 Å². The van der Waals surface area contributed by atoms with Crippen LogP contribution in [0.3, 0.4) is 0 Å². The average Bonchev–Trinajstić information content (AvgIpc) is 2.36. The number of aliphatic hydroxyl groups excluding tert-OH is 1. The molecule has 2 N–H and O–H groups in total. The van der Waals surface area contributed by atoms with Crippen LogP contribution in [0.4, 0.5) is 0 Å². The van der Waals surface area contributed by atoms with Gasteiger partial charge in [0.25, 0.3) is 5.91 Å². The quantitative estimate of drug-likeness (QED) is 0.654. The fraction of sp³-hybridized carbons (Fsp3) is 0.333. The molecule has 5 heteroatoms. The summed E-state index contributed by atoms with van der Waals surface area (Å²) in [7, 11) is 1.57. The van der Waals surface area contributed by atoms with Crippen LogP contribution in [0.15, 0.2) is 30.0 Å². The number of carbonyl (C=O) groups is 2. The molecule has 1 unspecified atom stereocenters. The second-order valence-electron chi connectivity index (χ2n) is 4.82. The van der Waals surface area contributed by atoms with Crippen LogP contribution >= 0.6 is 0 Å². The Morgan fingerprint density at radius 2 is 1.85 bits per heavy atom. The molecule has 1 rings (SSSR count). The Bertz CT molecular complexity index is 563. The maximum atomic E-state index is 11.9. The van der Waals surface area contributed by atoms with Crippen molar-refractivity contribution in [2.45, 2.75) is 26.8 Å². The molecule has 108 valence electrons. The van der Waals surface area contributed by atoms with Crippen LogP contribution in [0.2, 0.25) is 0 Å². The predicted molar refractivity (Wildman–Crippen MR) is 75.4 cm³/mol. The molecule has 0 aliphatic carbocycles. The van der Waals surface area contributed by atoms with E-state index in [1.807, 2.05) is 39.0 Å². The van der Waals surface area contributed by atoms with Gasteiger partial charge in [-0.3, -0.25) is 4.79 Å². The van der Waals surface area contributed by atoms with Gasteiger partial charge in [-0.25, -0.2) is 4.79 Å². The summed E-state index contributed by atoms with van der Waals surface area (Å²) in [4.78, 5) is 23.8. The minimum absolute atomic E-state index is 0.221. The lowest BCUT2D eigenvalue weighted by Gasteiger charge is -2.25. The lowest BCUT2D eigenvalue weighted by Crippen LogP contribution is -2.29. The van der Waals surface area contributed by atoms with Crippen molar-refractivity contribution in [3.63, 3.8) is 0 Å². The molecule has 1 amide bonds. The van der Waals surface area contributed by atoms with Crippen molar-refractivity contribution in [1.82, 2.24) is 4.90 Å². The third-order valence-corrected chi connectivity index (χ3v) is 3.28. The van der Waals surface area contributed by atoms with Crippen LogP contribution in [0, 0.1) is 13.8 Å². The normalized spacial score (nSPS) is 12.9. The molecular formula is C15H19NO4. The molecular weight excluding hydrogens is 258 g/mol. The van der Waals surface area contributed by atoms with Crippen molar-refractivity contribution in [2.24, 2.45) is 0 Å². The number of aliphatic hydroxyl groups is 1. The van der Waals surface area contributed by atoms with E-state index in [1.165, 1.54) is 4.90 Å². The van der Waals surface area contributed by atoms with E-state index in [1.54, 1.807) is 7.05 Å². The first-order valence-corrected chi connectivity index (χ1v) is 6.22. The van der Waals surface area contributed by atoms with Crippen molar-refractivity contribution >= 4 is 11.9 Å². The fourth-order valence-corrected chi connectivity index (χ4v) is 1.97. The Hall–Kier alpha value is -2.30. The Morgan fingerprint density at radius 1 is 1.25 bits per heavy atom. The molecule has 0 aliphatic heterocycles. The number of hydrogen-bond donors (Lipinski definition) is 2. The molecule has 0 bridgehead atoms. The molecule has 0 fully saturated rings. The highest BCUT2D eigenvalue weighted by Gasteiger charge is 2.19. The predicted octanol–water partition coefficient (Wildman–Crippen LogP) is 2.35. The van der Waals surface area contributed by atoms with Crippen molar-refractivity contribution in [2.75, 3.05) is 7.05 Å². The highest BCUT2D eigenvalue weighted by atomic mass is 16.4. The zero-order chi connectivity index (χ0) is 15.4. The number of aliphatic carboxylic acids is 1. The van der Waals surface area contributed by atoms with E-state index >= 15 is 0 Å². The van der Waals surface area contributed by atoms with Crippen LogP contribution in [-0.2, 0) is 9.59 Å². The van der Waals surface area contributed by atoms with Gasteiger partial charge < -0.3 is 15.1 Å². The number of nitrogens with zero attached hydrogens (tertiary/aromatic N) is 1. The fourth-order valence-electron chi connectivity index (χ4n) is 1.97. The van der Waals surface area contributed by atoms with Crippen LogP contribution in [0.5, 0.6) is 0 Å². The number of amides is 1. The summed E-state index contributed by atoms with van der Waals surface area (Å²) >= 11 is 0. The summed E-state index contributed by atoms with van der Waals surface area (Å²) in [5, 5.41) is 17.7. The lowest BCUT2D eigenvalue weighted by molar-refractivity contribution is -0.136.